The summed E-state index contributed by atoms with van der Waals surface area (Å²) in [6, 6.07) is 17.2. The zero-order valence-corrected chi connectivity index (χ0v) is 19.9. The number of alkyl halides is 3. The van der Waals surface area contributed by atoms with Crippen molar-refractivity contribution in [3.63, 3.8) is 0 Å². The van der Waals surface area contributed by atoms with E-state index in [1.165, 1.54) is 0 Å². The smallest absolute Gasteiger partial charge is 0.310 e. The Kier molecular flexibility index (Phi) is 6.38. The minimum atomic E-state index is -0.340. The summed E-state index contributed by atoms with van der Waals surface area (Å²) in [6.07, 6.45) is 0.792. The molecule has 0 spiro atoms. The molecule has 0 heterocycles. The zero-order chi connectivity index (χ0) is 19.7. The highest BCUT2D eigenvalue weighted by molar-refractivity contribution is 9.39. The lowest BCUT2D eigenvalue weighted by molar-refractivity contribution is -0.147. The van der Waals surface area contributed by atoms with Crippen molar-refractivity contribution >= 4 is 53.8 Å². The molecule has 144 valence electrons. The predicted molar refractivity (Wildman–Crippen MR) is 118 cm³/mol. The summed E-state index contributed by atoms with van der Waals surface area (Å²) in [7, 11) is 0. The lowest BCUT2D eigenvalue weighted by Gasteiger charge is -2.12. The van der Waals surface area contributed by atoms with Crippen LogP contribution in [0.2, 0.25) is 0 Å². The number of rotatable bonds is 6. The second-order valence-corrected chi connectivity index (χ2v) is 14.6. The summed E-state index contributed by atoms with van der Waals surface area (Å²) < 4.78 is 11.1. The van der Waals surface area contributed by atoms with E-state index in [2.05, 4.69) is 61.6 Å². The van der Waals surface area contributed by atoms with Crippen LogP contribution in [0.1, 0.15) is 25.8 Å². The van der Waals surface area contributed by atoms with Gasteiger partial charge in [-0.2, -0.15) is 0 Å². The van der Waals surface area contributed by atoms with Gasteiger partial charge in [0.2, 0.25) is 0 Å². The number of halogens is 3. The van der Waals surface area contributed by atoms with E-state index in [1.54, 1.807) is 0 Å². The normalized spacial score (nSPS) is 20.8. The van der Waals surface area contributed by atoms with Crippen LogP contribution in [0.5, 0.6) is 11.5 Å². The number of esters is 1. The van der Waals surface area contributed by atoms with Gasteiger partial charge in [-0.3, -0.25) is 4.79 Å². The summed E-state index contributed by atoms with van der Waals surface area (Å²) in [5.74, 6) is 1.53. The fraction of sp³-hybridized carbons (Fsp3) is 0.381. The highest BCUT2D eigenvalue weighted by Gasteiger charge is 2.63. The molecule has 0 aromatic heterocycles. The summed E-state index contributed by atoms with van der Waals surface area (Å²) in [5, 5.41) is 0. The first-order chi connectivity index (χ1) is 12.7. The number of ether oxygens (including phenoxy) is 2. The van der Waals surface area contributed by atoms with Crippen LogP contribution < -0.4 is 4.74 Å². The Hall–Kier alpha value is -0.850. The van der Waals surface area contributed by atoms with Gasteiger partial charge in [0.1, 0.15) is 20.2 Å². The predicted octanol–water partition coefficient (Wildman–Crippen LogP) is 7.02. The summed E-state index contributed by atoms with van der Waals surface area (Å²) in [5.41, 5.74) is 0.846. The molecular formula is C21H21Br3O3. The Morgan fingerprint density at radius 3 is 2.37 bits per heavy atom. The SMILES string of the molecule is CC1(C)C(CC(Br)(Br)Br)C1C(=O)OCc1cccc(Oc2ccccc2)c1. The second-order valence-electron chi connectivity index (χ2n) is 7.40. The molecule has 0 amide bonds. The molecule has 1 fully saturated rings. The van der Waals surface area contributed by atoms with E-state index in [0.29, 0.717) is 0 Å². The molecule has 6 heteroatoms. The Bertz CT molecular complexity index is 800. The molecule has 0 radical (unpaired) electrons. The van der Waals surface area contributed by atoms with Crippen molar-refractivity contribution in [2.45, 2.75) is 29.0 Å². The largest absolute Gasteiger partial charge is 0.461 e. The Morgan fingerprint density at radius 2 is 1.70 bits per heavy atom. The van der Waals surface area contributed by atoms with Crippen molar-refractivity contribution in [3.8, 4) is 11.5 Å². The van der Waals surface area contributed by atoms with Crippen molar-refractivity contribution in [3.05, 3.63) is 60.2 Å². The first-order valence-corrected chi connectivity index (χ1v) is 11.1. The lowest BCUT2D eigenvalue weighted by Crippen LogP contribution is -2.11. The van der Waals surface area contributed by atoms with E-state index in [4.69, 9.17) is 9.47 Å². The summed E-state index contributed by atoms with van der Waals surface area (Å²) in [6.45, 7) is 4.46. The minimum Gasteiger partial charge on any atom is -0.461 e. The molecule has 1 aliphatic carbocycles. The summed E-state index contributed by atoms with van der Waals surface area (Å²) in [4.78, 5) is 12.6. The van der Waals surface area contributed by atoms with Crippen molar-refractivity contribution in [2.24, 2.45) is 17.3 Å². The van der Waals surface area contributed by atoms with E-state index in [1.807, 2.05) is 54.6 Å². The minimum absolute atomic E-state index is 0.0596. The molecule has 0 aliphatic heterocycles. The standard InChI is InChI=1S/C21H21Br3O3/c1-20(2)17(12-21(22,23)24)18(20)19(25)26-13-14-7-6-10-16(11-14)27-15-8-4-3-5-9-15/h3-11,17-18H,12-13H2,1-2H3. The maximum Gasteiger partial charge on any atom is 0.310 e. The highest BCUT2D eigenvalue weighted by Crippen LogP contribution is 2.64. The highest BCUT2D eigenvalue weighted by atomic mass is 80.0. The molecule has 0 saturated heterocycles. The number of hydrogen-bond donors (Lipinski definition) is 0. The Labute approximate surface area is 185 Å². The first-order valence-electron chi connectivity index (χ1n) is 8.72. The van der Waals surface area contributed by atoms with E-state index in [0.717, 1.165) is 23.5 Å². The maximum absolute atomic E-state index is 12.6. The van der Waals surface area contributed by atoms with Crippen LogP contribution >= 0.6 is 47.8 Å². The molecule has 3 rings (SSSR count). The average molecular weight is 561 g/mol. The van der Waals surface area contributed by atoms with E-state index >= 15 is 0 Å². The topological polar surface area (TPSA) is 35.5 Å². The van der Waals surface area contributed by atoms with E-state index in [-0.39, 0.29) is 32.0 Å². The summed E-state index contributed by atoms with van der Waals surface area (Å²) >= 11 is 10.6. The lowest BCUT2D eigenvalue weighted by atomic mass is 10.1. The molecule has 2 aromatic rings. The monoisotopic (exact) mass is 558 g/mol. The van der Waals surface area contributed by atoms with Crippen molar-refractivity contribution in [1.82, 2.24) is 0 Å². The number of hydrogen-bond acceptors (Lipinski definition) is 3. The van der Waals surface area contributed by atoms with Crippen LogP contribution in [0.3, 0.4) is 0 Å². The molecule has 1 aliphatic rings. The van der Waals surface area contributed by atoms with Crippen LogP contribution in [0.4, 0.5) is 0 Å². The maximum atomic E-state index is 12.6. The van der Waals surface area contributed by atoms with Gasteiger partial charge in [0.05, 0.1) is 5.92 Å². The fourth-order valence-electron chi connectivity index (χ4n) is 3.41. The van der Waals surface area contributed by atoms with Gasteiger partial charge in [0, 0.05) is 0 Å². The third kappa shape index (κ3) is 5.58. The van der Waals surface area contributed by atoms with Gasteiger partial charge >= 0.3 is 5.97 Å². The van der Waals surface area contributed by atoms with Gasteiger partial charge in [-0.1, -0.05) is 92.0 Å². The number of carbonyl (C=O) groups is 1. The quantitative estimate of drug-likeness (QED) is 0.281. The van der Waals surface area contributed by atoms with Gasteiger partial charge in [0.25, 0.3) is 0 Å². The van der Waals surface area contributed by atoms with Crippen molar-refractivity contribution in [1.29, 1.82) is 0 Å². The second kappa shape index (κ2) is 8.26. The molecule has 2 unspecified atom stereocenters. The third-order valence-corrected chi connectivity index (χ3v) is 5.99. The average Bonchev–Trinajstić information content (AvgIpc) is 3.12. The van der Waals surface area contributed by atoms with E-state index < -0.39 is 0 Å². The van der Waals surface area contributed by atoms with Crippen molar-refractivity contribution in [2.75, 3.05) is 0 Å². The zero-order valence-electron chi connectivity index (χ0n) is 15.1. The molecular weight excluding hydrogens is 540 g/mol. The van der Waals surface area contributed by atoms with Gasteiger partial charge in [0.15, 0.2) is 0 Å². The molecule has 2 aromatic carbocycles. The molecule has 3 nitrogen and oxygen atoms in total. The van der Waals surface area contributed by atoms with Crippen LogP contribution in [-0.2, 0) is 16.1 Å². The third-order valence-electron chi connectivity index (χ3n) is 5.01. The molecule has 2 atom stereocenters. The number of benzene rings is 2. The first kappa shape index (κ1) is 20.9. The van der Waals surface area contributed by atoms with Gasteiger partial charge in [-0.25, -0.2) is 0 Å². The number of carbonyl (C=O) groups excluding carboxylic acids is 1. The van der Waals surface area contributed by atoms with Gasteiger partial charge < -0.3 is 9.47 Å². The molecule has 27 heavy (non-hydrogen) atoms. The van der Waals surface area contributed by atoms with Crippen LogP contribution in [0, 0.1) is 17.3 Å². The molecule has 0 bridgehead atoms. The Balaban J connectivity index is 1.57. The Morgan fingerprint density at radius 1 is 1.04 bits per heavy atom. The molecule has 0 N–H and O–H groups in total. The van der Waals surface area contributed by atoms with Crippen molar-refractivity contribution < 1.29 is 14.3 Å². The molecule has 1 saturated carbocycles. The van der Waals surface area contributed by atoms with Crippen LogP contribution in [0.25, 0.3) is 0 Å². The van der Waals surface area contributed by atoms with E-state index in [9.17, 15) is 4.79 Å². The van der Waals surface area contributed by atoms with Gasteiger partial charge in [-0.15, -0.1) is 0 Å². The van der Waals surface area contributed by atoms with Crippen LogP contribution in [0.15, 0.2) is 54.6 Å². The fourth-order valence-corrected chi connectivity index (χ4v) is 4.46. The number of para-hydroxylation sites is 1. The van der Waals surface area contributed by atoms with Gasteiger partial charge in [-0.05, 0) is 47.6 Å². The van der Waals surface area contributed by atoms with Crippen LogP contribution in [-0.4, -0.2) is 8.11 Å².